The summed E-state index contributed by atoms with van der Waals surface area (Å²) in [6.45, 7) is 4.10. The van der Waals surface area contributed by atoms with E-state index in [-0.39, 0.29) is 0 Å². The van der Waals surface area contributed by atoms with E-state index >= 15 is 0 Å². The molecule has 2 aromatic rings. The Labute approximate surface area is 100 Å². The molecule has 0 unspecified atom stereocenters. The highest BCUT2D eigenvalue weighted by Gasteiger charge is 2.02. The van der Waals surface area contributed by atoms with Crippen LogP contribution in [0.15, 0.2) is 29.9 Å². The molecular formula is C12H17N3S. The van der Waals surface area contributed by atoms with Crippen molar-refractivity contribution in [3.8, 4) is 0 Å². The van der Waals surface area contributed by atoms with Gasteiger partial charge >= 0.3 is 0 Å². The maximum absolute atomic E-state index is 4.33. The van der Waals surface area contributed by atoms with Crippen molar-refractivity contribution < 1.29 is 0 Å². The number of aromatic nitrogens is 2. The number of hydrogen-bond acceptors (Lipinski definition) is 3. The summed E-state index contributed by atoms with van der Waals surface area (Å²) in [5.41, 5.74) is 0. The highest BCUT2D eigenvalue weighted by molar-refractivity contribution is 7.09. The Kier molecular flexibility index (Phi) is 3.99. The second-order valence-electron chi connectivity index (χ2n) is 3.74. The Morgan fingerprint density at radius 3 is 3.19 bits per heavy atom. The quantitative estimate of drug-likeness (QED) is 0.779. The molecule has 0 radical (unpaired) electrons. The average Bonchev–Trinajstić information content (AvgIpc) is 2.92. The molecule has 0 amide bonds. The molecule has 3 nitrogen and oxygen atoms in total. The van der Waals surface area contributed by atoms with E-state index in [0.29, 0.717) is 0 Å². The van der Waals surface area contributed by atoms with E-state index in [1.165, 1.54) is 17.7 Å². The Morgan fingerprint density at radius 2 is 2.44 bits per heavy atom. The van der Waals surface area contributed by atoms with E-state index in [1.54, 1.807) is 11.3 Å². The molecule has 0 bridgehead atoms. The van der Waals surface area contributed by atoms with E-state index in [2.05, 4.69) is 39.3 Å². The standard InChI is InChI=1S/C12H17N3S/c1-2-3-6-13-12-14-7-8-15(12)10-11-5-4-9-16-11/h4-5,7-9H,2-3,6,10H2,1H3,(H,13,14). The van der Waals surface area contributed by atoms with Gasteiger partial charge in [-0.2, -0.15) is 0 Å². The fourth-order valence-corrected chi connectivity index (χ4v) is 2.25. The first-order valence-corrected chi connectivity index (χ1v) is 6.55. The summed E-state index contributed by atoms with van der Waals surface area (Å²) >= 11 is 1.78. The summed E-state index contributed by atoms with van der Waals surface area (Å²) < 4.78 is 2.15. The van der Waals surface area contributed by atoms with Gasteiger partial charge in [0.05, 0.1) is 6.54 Å². The fraction of sp³-hybridized carbons (Fsp3) is 0.417. The van der Waals surface area contributed by atoms with Crippen molar-refractivity contribution in [2.75, 3.05) is 11.9 Å². The number of nitrogens with zero attached hydrogens (tertiary/aromatic N) is 2. The molecular weight excluding hydrogens is 218 g/mol. The summed E-state index contributed by atoms with van der Waals surface area (Å²) in [5, 5.41) is 5.47. The average molecular weight is 235 g/mol. The van der Waals surface area contributed by atoms with Gasteiger partial charge in [0.2, 0.25) is 5.95 Å². The molecule has 0 aliphatic carbocycles. The third-order valence-corrected chi connectivity index (χ3v) is 3.30. The van der Waals surface area contributed by atoms with E-state index in [0.717, 1.165) is 19.0 Å². The van der Waals surface area contributed by atoms with Crippen molar-refractivity contribution in [3.05, 3.63) is 34.8 Å². The second-order valence-corrected chi connectivity index (χ2v) is 4.77. The molecule has 0 atom stereocenters. The number of hydrogen-bond donors (Lipinski definition) is 1. The Bertz CT molecular complexity index is 406. The molecule has 86 valence electrons. The number of thiophene rings is 1. The number of nitrogens with one attached hydrogen (secondary N) is 1. The van der Waals surface area contributed by atoms with Crippen molar-refractivity contribution in [1.82, 2.24) is 9.55 Å². The number of rotatable bonds is 6. The third kappa shape index (κ3) is 2.85. The summed E-state index contributed by atoms with van der Waals surface area (Å²) in [7, 11) is 0. The van der Waals surface area contributed by atoms with Crippen LogP contribution in [0.25, 0.3) is 0 Å². The van der Waals surface area contributed by atoms with Crippen LogP contribution in [0.4, 0.5) is 5.95 Å². The van der Waals surface area contributed by atoms with Gasteiger partial charge in [0, 0.05) is 23.8 Å². The van der Waals surface area contributed by atoms with Crippen LogP contribution >= 0.6 is 11.3 Å². The predicted octanol–water partition coefficient (Wildman–Crippen LogP) is 3.20. The number of anilines is 1. The molecule has 0 aliphatic heterocycles. The maximum atomic E-state index is 4.33. The summed E-state index contributed by atoms with van der Waals surface area (Å²) in [4.78, 5) is 5.68. The highest BCUT2D eigenvalue weighted by atomic mass is 32.1. The first kappa shape index (κ1) is 11.2. The van der Waals surface area contributed by atoms with Gasteiger partial charge in [-0.05, 0) is 17.9 Å². The topological polar surface area (TPSA) is 29.9 Å². The lowest BCUT2D eigenvalue weighted by Gasteiger charge is -2.08. The van der Waals surface area contributed by atoms with E-state index in [1.807, 2.05) is 12.4 Å². The van der Waals surface area contributed by atoms with Crippen molar-refractivity contribution in [2.24, 2.45) is 0 Å². The monoisotopic (exact) mass is 235 g/mol. The van der Waals surface area contributed by atoms with Crippen LogP contribution in [0.1, 0.15) is 24.6 Å². The summed E-state index contributed by atoms with van der Waals surface area (Å²) in [6, 6.07) is 4.24. The minimum atomic E-state index is 0.909. The fourth-order valence-electron chi connectivity index (χ4n) is 1.55. The zero-order chi connectivity index (χ0) is 11.2. The molecule has 2 heterocycles. The third-order valence-electron chi connectivity index (χ3n) is 2.44. The lowest BCUT2D eigenvalue weighted by atomic mass is 10.3. The SMILES string of the molecule is CCCCNc1nccn1Cc1cccs1. The Hall–Kier alpha value is -1.29. The van der Waals surface area contributed by atoms with Crippen molar-refractivity contribution in [3.63, 3.8) is 0 Å². The van der Waals surface area contributed by atoms with Crippen molar-refractivity contribution in [1.29, 1.82) is 0 Å². The number of imidazole rings is 1. The van der Waals surface area contributed by atoms with E-state index in [9.17, 15) is 0 Å². The normalized spacial score (nSPS) is 10.6. The number of unbranched alkanes of at least 4 members (excludes halogenated alkanes) is 1. The first-order valence-electron chi connectivity index (χ1n) is 5.67. The second kappa shape index (κ2) is 5.70. The van der Waals surface area contributed by atoms with Gasteiger partial charge in [-0.25, -0.2) is 4.98 Å². The minimum Gasteiger partial charge on any atom is -0.356 e. The smallest absolute Gasteiger partial charge is 0.203 e. The van der Waals surface area contributed by atoms with Crippen LogP contribution in [0.5, 0.6) is 0 Å². The molecule has 2 aromatic heterocycles. The van der Waals surface area contributed by atoms with Gasteiger partial charge in [0.25, 0.3) is 0 Å². The van der Waals surface area contributed by atoms with Gasteiger partial charge in [-0.3, -0.25) is 0 Å². The van der Waals surface area contributed by atoms with Gasteiger partial charge in [-0.1, -0.05) is 19.4 Å². The molecule has 0 aromatic carbocycles. The maximum Gasteiger partial charge on any atom is 0.203 e. The van der Waals surface area contributed by atoms with Crippen LogP contribution < -0.4 is 5.32 Å². The molecule has 0 aliphatic rings. The largest absolute Gasteiger partial charge is 0.356 e. The zero-order valence-corrected chi connectivity index (χ0v) is 10.3. The lowest BCUT2D eigenvalue weighted by molar-refractivity contribution is 0.782. The molecule has 0 fully saturated rings. The minimum absolute atomic E-state index is 0.909. The molecule has 0 saturated carbocycles. The van der Waals surface area contributed by atoms with Gasteiger partial charge < -0.3 is 9.88 Å². The van der Waals surface area contributed by atoms with Gasteiger partial charge in [0.1, 0.15) is 0 Å². The van der Waals surface area contributed by atoms with Gasteiger partial charge in [-0.15, -0.1) is 11.3 Å². The van der Waals surface area contributed by atoms with E-state index < -0.39 is 0 Å². The molecule has 0 spiro atoms. The van der Waals surface area contributed by atoms with Crippen LogP contribution in [0, 0.1) is 0 Å². The van der Waals surface area contributed by atoms with Crippen LogP contribution in [-0.2, 0) is 6.54 Å². The first-order chi connectivity index (χ1) is 7.90. The molecule has 2 rings (SSSR count). The van der Waals surface area contributed by atoms with Gasteiger partial charge in [0.15, 0.2) is 0 Å². The van der Waals surface area contributed by atoms with E-state index in [4.69, 9.17) is 0 Å². The summed E-state index contributed by atoms with van der Waals surface area (Å²) in [6.07, 6.45) is 6.26. The lowest BCUT2D eigenvalue weighted by Crippen LogP contribution is -2.08. The zero-order valence-electron chi connectivity index (χ0n) is 9.52. The molecule has 16 heavy (non-hydrogen) atoms. The molecule has 1 N–H and O–H groups in total. The van der Waals surface area contributed by atoms with Crippen LogP contribution in [0.3, 0.4) is 0 Å². The van der Waals surface area contributed by atoms with Crippen molar-refractivity contribution >= 4 is 17.3 Å². The summed E-state index contributed by atoms with van der Waals surface area (Å²) in [5.74, 6) is 0.974. The Morgan fingerprint density at radius 1 is 1.50 bits per heavy atom. The Balaban J connectivity index is 1.96. The van der Waals surface area contributed by atoms with Crippen molar-refractivity contribution in [2.45, 2.75) is 26.3 Å². The van der Waals surface area contributed by atoms with Crippen LogP contribution in [-0.4, -0.2) is 16.1 Å². The predicted molar refractivity (Wildman–Crippen MR) is 69.0 cm³/mol. The highest BCUT2D eigenvalue weighted by Crippen LogP contribution is 2.13. The molecule has 4 heteroatoms. The molecule has 0 saturated heterocycles. The van der Waals surface area contributed by atoms with Crippen LogP contribution in [0.2, 0.25) is 0 Å².